The smallest absolute Gasteiger partial charge is 0.320 e. The summed E-state index contributed by atoms with van der Waals surface area (Å²) in [4.78, 5) is 59.8. The maximum Gasteiger partial charge on any atom is 0.320 e. The molecule has 2 saturated heterocycles. The molecule has 4 amide bonds. The number of nitrogens with zero attached hydrogens (tertiary/aromatic N) is 9. The summed E-state index contributed by atoms with van der Waals surface area (Å²) in [5.41, 5.74) is 5.61. The van der Waals surface area contributed by atoms with Crippen molar-refractivity contribution in [3.05, 3.63) is 61.9 Å². The number of aromatic nitrogens is 4. The molecule has 0 aliphatic carbocycles. The number of piperidine rings is 2. The van der Waals surface area contributed by atoms with Crippen LogP contribution in [-0.4, -0.2) is 104 Å². The maximum atomic E-state index is 13.0. The van der Waals surface area contributed by atoms with Gasteiger partial charge in [0.1, 0.15) is 39.0 Å². The summed E-state index contributed by atoms with van der Waals surface area (Å²) in [6, 6.07) is 4.46. The lowest BCUT2D eigenvalue weighted by atomic mass is 10.0. The summed E-state index contributed by atoms with van der Waals surface area (Å²) in [7, 11) is 1.68. The summed E-state index contributed by atoms with van der Waals surface area (Å²) >= 11 is 9.52. The number of nitrogens with one attached hydrogen (secondary N) is 1. The average Bonchev–Trinajstić information content (AvgIpc) is 3.96. The zero-order valence-corrected chi connectivity index (χ0v) is 33.2. The zero-order chi connectivity index (χ0) is 37.5. The minimum atomic E-state index is 0.173. The van der Waals surface area contributed by atoms with Crippen molar-refractivity contribution in [2.24, 2.45) is 4.99 Å². The van der Waals surface area contributed by atoms with Crippen molar-refractivity contribution in [3.63, 3.8) is 0 Å². The normalized spacial score (nSPS) is 17.8. The molecule has 1 aromatic carbocycles. The molecular weight excluding hydrogens is 756 g/mol. The number of ether oxygens (including phenoxy) is 1. The van der Waals surface area contributed by atoms with E-state index in [1.165, 1.54) is 40.1 Å². The molecule has 55 heavy (non-hydrogen) atoms. The molecule has 10 rings (SSSR count). The van der Waals surface area contributed by atoms with E-state index in [9.17, 15) is 9.59 Å². The Morgan fingerprint density at radius 3 is 1.93 bits per heavy atom. The number of carbonyl (C=O) groups excluding carboxylic acids is 2. The third-order valence-corrected chi connectivity index (χ3v) is 13.8. The molecule has 5 aromatic rings. The maximum absolute atomic E-state index is 13.0. The number of carbonyl (C=O) groups is 2. The lowest BCUT2D eigenvalue weighted by Gasteiger charge is -2.34. The molecule has 5 aliphatic heterocycles. The van der Waals surface area contributed by atoms with Crippen LogP contribution in [0.2, 0.25) is 5.15 Å². The molecule has 0 atom stereocenters. The first-order valence-electron chi connectivity index (χ1n) is 19.2. The van der Waals surface area contributed by atoms with Gasteiger partial charge >= 0.3 is 12.1 Å². The molecule has 0 spiro atoms. The van der Waals surface area contributed by atoms with Gasteiger partial charge in [0.15, 0.2) is 0 Å². The molecule has 0 unspecified atom stereocenters. The third kappa shape index (κ3) is 7.06. The third-order valence-electron chi connectivity index (χ3n) is 11.2. The van der Waals surface area contributed by atoms with E-state index in [0.29, 0.717) is 24.8 Å². The average molecular weight is 799 g/mol. The lowest BCUT2D eigenvalue weighted by Crippen LogP contribution is -2.46. The van der Waals surface area contributed by atoms with E-state index in [2.05, 4.69) is 36.3 Å². The molecule has 4 aromatic heterocycles. The highest BCUT2D eigenvalue weighted by molar-refractivity contribution is 7.19. The number of fused-ring (bicyclic) bond motifs is 7. The number of likely N-dealkylation sites (tertiary alicyclic amines) is 2. The van der Waals surface area contributed by atoms with Crippen LogP contribution in [0.5, 0.6) is 5.75 Å². The second-order valence-corrected chi connectivity index (χ2v) is 17.1. The number of hydrogen-bond acceptors (Lipinski definition) is 11. The number of aliphatic imine (C=N–C) groups is 1. The molecule has 0 bridgehead atoms. The molecule has 9 heterocycles. The second-order valence-electron chi connectivity index (χ2n) is 14.6. The van der Waals surface area contributed by atoms with Gasteiger partial charge in [0.05, 0.1) is 43.2 Å². The topological polar surface area (TPSA) is 132 Å². The van der Waals surface area contributed by atoms with E-state index in [1.54, 1.807) is 36.1 Å². The highest BCUT2D eigenvalue weighted by Gasteiger charge is 2.31. The van der Waals surface area contributed by atoms with Gasteiger partial charge in [-0.25, -0.2) is 29.5 Å². The summed E-state index contributed by atoms with van der Waals surface area (Å²) in [5.74, 6) is 1.55. The molecular formula is C39H43ClN10O3S2. The predicted octanol–water partition coefficient (Wildman–Crippen LogP) is 7.65. The minimum absolute atomic E-state index is 0.173. The van der Waals surface area contributed by atoms with Crippen molar-refractivity contribution in [2.75, 3.05) is 51.7 Å². The Hall–Kier alpha value is -4.60. The second kappa shape index (κ2) is 15.5. The molecule has 13 nitrogen and oxygen atoms in total. The van der Waals surface area contributed by atoms with Crippen LogP contribution in [0.4, 0.5) is 21.1 Å². The van der Waals surface area contributed by atoms with E-state index in [-0.39, 0.29) is 12.1 Å². The van der Waals surface area contributed by atoms with Gasteiger partial charge in [-0.2, -0.15) is 0 Å². The zero-order valence-electron chi connectivity index (χ0n) is 30.9. The van der Waals surface area contributed by atoms with Crippen molar-refractivity contribution in [1.82, 2.24) is 39.5 Å². The van der Waals surface area contributed by atoms with Crippen LogP contribution < -0.4 is 10.1 Å². The highest BCUT2D eigenvalue weighted by Crippen LogP contribution is 2.41. The number of benzene rings is 1. The predicted molar refractivity (Wildman–Crippen MR) is 217 cm³/mol. The molecule has 286 valence electrons. The van der Waals surface area contributed by atoms with E-state index in [0.717, 1.165) is 127 Å². The number of halogens is 1. The number of rotatable bonds is 3. The van der Waals surface area contributed by atoms with Crippen molar-refractivity contribution in [1.29, 1.82) is 0 Å². The van der Waals surface area contributed by atoms with Crippen LogP contribution in [0.1, 0.15) is 70.5 Å². The monoisotopic (exact) mass is 798 g/mol. The molecule has 1 N–H and O–H groups in total. The molecule has 2 fully saturated rings. The molecule has 0 radical (unpaired) electrons. The van der Waals surface area contributed by atoms with Crippen LogP contribution in [-0.2, 0) is 32.5 Å². The van der Waals surface area contributed by atoms with E-state index >= 15 is 0 Å². The van der Waals surface area contributed by atoms with E-state index < -0.39 is 0 Å². The Balaban J connectivity index is 0.000000157. The summed E-state index contributed by atoms with van der Waals surface area (Å²) in [6.07, 6.45) is 13.6. The molecule has 5 aliphatic rings. The fourth-order valence-electron chi connectivity index (χ4n) is 8.34. The van der Waals surface area contributed by atoms with Gasteiger partial charge < -0.3 is 29.7 Å². The van der Waals surface area contributed by atoms with Crippen LogP contribution >= 0.6 is 34.3 Å². The van der Waals surface area contributed by atoms with Gasteiger partial charge in [-0.15, -0.1) is 22.7 Å². The quantitative estimate of drug-likeness (QED) is 0.184. The number of thiophene rings is 2. The van der Waals surface area contributed by atoms with Gasteiger partial charge in [0, 0.05) is 55.2 Å². The van der Waals surface area contributed by atoms with E-state index in [1.807, 2.05) is 31.9 Å². The number of anilines is 2. The summed E-state index contributed by atoms with van der Waals surface area (Å²) < 4.78 is 5.64. The van der Waals surface area contributed by atoms with Crippen molar-refractivity contribution in [2.45, 2.75) is 71.0 Å². The van der Waals surface area contributed by atoms with Gasteiger partial charge in [-0.05, 0) is 85.8 Å². The van der Waals surface area contributed by atoms with Crippen molar-refractivity contribution in [3.8, 4) is 5.75 Å². The van der Waals surface area contributed by atoms with Gasteiger partial charge in [0.2, 0.25) is 0 Å². The SMILES string of the molecule is COc1cc2c(cc1Nc1ncnc3sc4c(c13)CCN(C(=O)N1CCCCC1)C4)C=NC2.O=C(N1CCCCC1)N1CCc2c(sc3ncnc(Cl)c23)C1. The Morgan fingerprint density at radius 2 is 1.31 bits per heavy atom. The summed E-state index contributed by atoms with van der Waals surface area (Å²) in [5, 5.41) is 6.06. The molecule has 16 heteroatoms. The van der Waals surface area contributed by atoms with Crippen LogP contribution in [0.25, 0.3) is 20.4 Å². The number of hydrogen-bond donors (Lipinski definition) is 1. The highest BCUT2D eigenvalue weighted by atomic mass is 35.5. The number of urea groups is 2. The summed E-state index contributed by atoms with van der Waals surface area (Å²) in [6.45, 7) is 7.02. The Bertz CT molecular complexity index is 2300. The fourth-order valence-corrected chi connectivity index (χ4v) is 11.1. The minimum Gasteiger partial charge on any atom is -0.495 e. The van der Waals surface area contributed by atoms with Crippen LogP contribution in [0, 0.1) is 0 Å². The largest absolute Gasteiger partial charge is 0.495 e. The number of methoxy groups -OCH3 is 1. The van der Waals surface area contributed by atoms with Gasteiger partial charge in [0.25, 0.3) is 0 Å². The first kappa shape index (κ1) is 36.1. The van der Waals surface area contributed by atoms with Crippen LogP contribution in [0.3, 0.4) is 0 Å². The van der Waals surface area contributed by atoms with Crippen molar-refractivity contribution < 1.29 is 14.3 Å². The van der Waals surface area contributed by atoms with Gasteiger partial charge in [-0.3, -0.25) is 4.99 Å². The Labute approximate surface area is 332 Å². The van der Waals surface area contributed by atoms with Crippen molar-refractivity contribution >= 4 is 84.5 Å². The van der Waals surface area contributed by atoms with Crippen LogP contribution in [0.15, 0.2) is 29.8 Å². The Morgan fingerprint density at radius 1 is 0.727 bits per heavy atom. The van der Waals surface area contributed by atoms with Gasteiger partial charge in [-0.1, -0.05) is 11.6 Å². The standard InChI is InChI=1S/C24H26N6O2S.C15H17ClN4OS/c1-32-19-10-16-12-25-11-15(16)9-18(19)28-22-21-17-5-8-30(24(31)29-6-3-2-4-7-29)13-20(17)33-23(21)27-14-26-22;16-13-12-10-4-7-20(15(21)19-5-2-1-3-6-19)8-11(10)22-14(12)18-9-17-13/h9-11,14H,2-8,12-13H2,1H3,(H,26,27,28);9H,1-8H2. The van der Waals surface area contributed by atoms with E-state index in [4.69, 9.17) is 16.3 Å². The first-order valence-corrected chi connectivity index (χ1v) is 21.2. The Kier molecular flexibility index (Phi) is 10.2. The number of amides is 4. The first-order chi connectivity index (χ1) is 26.9. The fraction of sp³-hybridized carbons (Fsp3) is 0.462. The molecule has 0 saturated carbocycles. The lowest BCUT2D eigenvalue weighted by molar-refractivity contribution is 0.139.